The minimum absolute atomic E-state index is 0.611. The quantitative estimate of drug-likeness (QED) is 0.180. The second-order valence-corrected chi connectivity index (χ2v) is 15.0. The summed E-state index contributed by atoms with van der Waals surface area (Å²) in [6, 6.07) is 57.9. The number of nitrogens with zero attached hydrogens (tertiary/aromatic N) is 4. The Morgan fingerprint density at radius 3 is 2.03 bits per heavy atom. The van der Waals surface area contributed by atoms with Crippen molar-refractivity contribution in [2.75, 3.05) is 0 Å². The smallest absolute Gasteiger partial charge is 0.161 e. The Morgan fingerprint density at radius 1 is 0.448 bits per heavy atom. The molecule has 0 amide bonds. The number of hydrogen-bond donors (Lipinski definition) is 0. The molecule has 0 bridgehead atoms. The van der Waals surface area contributed by atoms with Crippen LogP contribution in [0.5, 0.6) is 0 Å². The first-order valence-electron chi connectivity index (χ1n) is 19.5. The van der Waals surface area contributed by atoms with E-state index in [9.17, 15) is 0 Å². The first-order valence-corrected chi connectivity index (χ1v) is 19.5. The fourth-order valence-electron chi connectivity index (χ4n) is 9.31. The van der Waals surface area contributed by atoms with Crippen LogP contribution >= 0.6 is 0 Å². The number of pyridine rings is 2. The Balaban J connectivity index is 1.11. The molecular formula is C53H32N4O. The lowest BCUT2D eigenvalue weighted by atomic mass is 9.65. The number of rotatable bonds is 4. The predicted octanol–water partition coefficient (Wildman–Crippen LogP) is 12.7. The number of fused-ring (bicyclic) bond motifs is 13. The second-order valence-electron chi connectivity index (χ2n) is 15.0. The van der Waals surface area contributed by atoms with Gasteiger partial charge in [0.15, 0.2) is 5.82 Å². The number of benzene rings is 6. The van der Waals surface area contributed by atoms with Crippen LogP contribution in [0.15, 0.2) is 187 Å². The van der Waals surface area contributed by atoms with Crippen molar-refractivity contribution in [2.24, 2.45) is 0 Å². The van der Waals surface area contributed by atoms with E-state index in [1.54, 1.807) is 6.20 Å². The molecule has 0 radical (unpaired) electrons. The van der Waals surface area contributed by atoms with E-state index < -0.39 is 5.41 Å². The number of hydrogen-bond acceptors (Lipinski definition) is 5. The molecule has 58 heavy (non-hydrogen) atoms. The molecule has 5 heteroatoms. The lowest BCUT2D eigenvalue weighted by Gasteiger charge is -2.35. The average Bonchev–Trinajstić information content (AvgIpc) is 3.78. The third kappa shape index (κ3) is 4.77. The zero-order chi connectivity index (χ0) is 38.2. The lowest BCUT2D eigenvalue weighted by Crippen LogP contribution is -2.30. The zero-order valence-corrected chi connectivity index (χ0v) is 31.2. The van der Waals surface area contributed by atoms with Crippen molar-refractivity contribution in [1.82, 2.24) is 19.9 Å². The standard InChI is InChI=1S/C53H32N4O/c1-2-12-35(13-3-1)47-30-48(57-52(56-47)38-24-27-46(55-32-38)37-14-10-28-54-31-37)36-23-22-34-21-20-33-11-4-7-17-42(33)53(45(34)29-36)43-18-8-5-16-41(43)50-44(53)26-25-40-39-15-6-9-19-49(39)58-51(40)50/h1-32H. The molecule has 0 saturated heterocycles. The summed E-state index contributed by atoms with van der Waals surface area (Å²) in [5, 5.41) is 2.25. The third-order valence-electron chi connectivity index (χ3n) is 11.9. The largest absolute Gasteiger partial charge is 0.455 e. The van der Waals surface area contributed by atoms with E-state index in [2.05, 4.69) is 132 Å². The van der Waals surface area contributed by atoms with Gasteiger partial charge >= 0.3 is 0 Å². The molecule has 10 aromatic rings. The normalized spacial score (nSPS) is 14.9. The molecule has 5 nitrogen and oxygen atoms in total. The topological polar surface area (TPSA) is 64.7 Å². The van der Waals surface area contributed by atoms with E-state index in [0.29, 0.717) is 5.82 Å². The molecule has 0 N–H and O–H groups in total. The van der Waals surface area contributed by atoms with Crippen LogP contribution in [0.25, 0.3) is 90.4 Å². The van der Waals surface area contributed by atoms with Gasteiger partial charge in [-0.15, -0.1) is 0 Å². The Labute approximate surface area is 334 Å². The highest BCUT2D eigenvalue weighted by molar-refractivity contribution is 6.12. The van der Waals surface area contributed by atoms with Crippen LogP contribution < -0.4 is 0 Å². The molecule has 1 spiro atoms. The first kappa shape index (κ1) is 32.5. The molecule has 270 valence electrons. The van der Waals surface area contributed by atoms with Crippen LogP contribution in [0.3, 0.4) is 0 Å². The zero-order valence-electron chi connectivity index (χ0n) is 31.2. The first-order chi connectivity index (χ1) is 28.7. The molecular weight excluding hydrogens is 709 g/mol. The average molecular weight is 741 g/mol. The Hall–Kier alpha value is -7.76. The summed E-state index contributed by atoms with van der Waals surface area (Å²) in [7, 11) is 0. The van der Waals surface area contributed by atoms with Gasteiger partial charge in [0.05, 0.1) is 22.5 Å². The fraction of sp³-hybridized carbons (Fsp3) is 0.0189. The molecule has 0 fully saturated rings. The maximum absolute atomic E-state index is 6.79. The lowest BCUT2D eigenvalue weighted by molar-refractivity contribution is 0.669. The Bertz CT molecular complexity index is 3280. The molecule has 4 heterocycles. The van der Waals surface area contributed by atoms with E-state index in [-0.39, 0.29) is 0 Å². The van der Waals surface area contributed by atoms with Gasteiger partial charge in [0.25, 0.3) is 0 Å². The van der Waals surface area contributed by atoms with E-state index in [0.717, 1.165) is 72.4 Å². The molecule has 1 unspecified atom stereocenters. The summed E-state index contributed by atoms with van der Waals surface area (Å²) in [5.74, 6) is 0.611. The van der Waals surface area contributed by atoms with E-state index >= 15 is 0 Å². The van der Waals surface area contributed by atoms with Crippen molar-refractivity contribution >= 4 is 34.1 Å². The SMILES string of the molecule is C1=Cc2ccc(-c3cc(-c4ccccc4)nc(-c4ccc(-c5cccnc5)nc4)n3)cc2C2(c3ccccc31)c1ccccc1-c1c2ccc2c1oc1ccccc12. The monoisotopic (exact) mass is 740 g/mol. The minimum atomic E-state index is -0.644. The Kier molecular flexibility index (Phi) is 7.07. The summed E-state index contributed by atoms with van der Waals surface area (Å²) in [6.07, 6.45) is 9.98. The van der Waals surface area contributed by atoms with Gasteiger partial charge in [-0.2, -0.15) is 0 Å². The number of para-hydroxylation sites is 1. The van der Waals surface area contributed by atoms with Crippen molar-refractivity contribution in [1.29, 1.82) is 0 Å². The highest BCUT2D eigenvalue weighted by Gasteiger charge is 2.49. The summed E-state index contributed by atoms with van der Waals surface area (Å²) >= 11 is 0. The van der Waals surface area contributed by atoms with Crippen molar-refractivity contribution in [2.45, 2.75) is 5.41 Å². The summed E-state index contributed by atoms with van der Waals surface area (Å²) < 4.78 is 6.79. The van der Waals surface area contributed by atoms with Crippen LogP contribution in [0.2, 0.25) is 0 Å². The van der Waals surface area contributed by atoms with Gasteiger partial charge in [0, 0.05) is 57.2 Å². The van der Waals surface area contributed by atoms with Gasteiger partial charge in [-0.1, -0.05) is 133 Å². The van der Waals surface area contributed by atoms with Crippen LogP contribution in [-0.4, -0.2) is 19.9 Å². The van der Waals surface area contributed by atoms with Gasteiger partial charge in [-0.3, -0.25) is 9.97 Å². The van der Waals surface area contributed by atoms with Gasteiger partial charge in [0.1, 0.15) is 11.2 Å². The summed E-state index contributed by atoms with van der Waals surface area (Å²) in [5.41, 5.74) is 17.1. The van der Waals surface area contributed by atoms with Crippen molar-refractivity contribution < 1.29 is 4.42 Å². The molecule has 2 aliphatic rings. The van der Waals surface area contributed by atoms with Crippen molar-refractivity contribution in [3.05, 3.63) is 216 Å². The maximum Gasteiger partial charge on any atom is 0.161 e. The molecule has 0 aliphatic heterocycles. The van der Waals surface area contributed by atoms with E-state index in [4.69, 9.17) is 19.4 Å². The van der Waals surface area contributed by atoms with Crippen LogP contribution in [0.4, 0.5) is 0 Å². The Morgan fingerprint density at radius 2 is 1.19 bits per heavy atom. The second kappa shape index (κ2) is 12.6. The number of furan rings is 1. The highest BCUT2D eigenvalue weighted by atomic mass is 16.3. The van der Waals surface area contributed by atoms with Gasteiger partial charge < -0.3 is 4.42 Å². The molecule has 12 rings (SSSR count). The third-order valence-corrected chi connectivity index (χ3v) is 11.9. The van der Waals surface area contributed by atoms with Gasteiger partial charge in [0.2, 0.25) is 0 Å². The molecule has 0 saturated carbocycles. The maximum atomic E-state index is 6.79. The van der Waals surface area contributed by atoms with Gasteiger partial charge in [-0.05, 0) is 81.4 Å². The van der Waals surface area contributed by atoms with Crippen molar-refractivity contribution in [3.63, 3.8) is 0 Å². The van der Waals surface area contributed by atoms with E-state index in [1.807, 2.05) is 60.9 Å². The molecule has 6 aromatic carbocycles. The summed E-state index contributed by atoms with van der Waals surface area (Å²) in [4.78, 5) is 19.5. The van der Waals surface area contributed by atoms with Crippen LogP contribution in [-0.2, 0) is 5.41 Å². The highest BCUT2D eigenvalue weighted by Crippen LogP contribution is 2.60. The molecule has 2 aliphatic carbocycles. The molecule has 1 atom stereocenters. The van der Waals surface area contributed by atoms with Gasteiger partial charge in [-0.25, -0.2) is 9.97 Å². The van der Waals surface area contributed by atoms with Crippen LogP contribution in [0.1, 0.15) is 33.4 Å². The van der Waals surface area contributed by atoms with Crippen LogP contribution in [0, 0.1) is 0 Å². The summed E-state index contributed by atoms with van der Waals surface area (Å²) in [6.45, 7) is 0. The predicted molar refractivity (Wildman–Crippen MR) is 233 cm³/mol. The fourth-order valence-corrected chi connectivity index (χ4v) is 9.31. The minimum Gasteiger partial charge on any atom is -0.455 e. The molecule has 4 aromatic heterocycles. The number of aromatic nitrogens is 4. The van der Waals surface area contributed by atoms with Crippen molar-refractivity contribution in [3.8, 4) is 56.3 Å². The van der Waals surface area contributed by atoms with E-state index in [1.165, 1.54) is 33.4 Å².